The van der Waals surface area contributed by atoms with Crippen LogP contribution in [0, 0.1) is 6.92 Å². The van der Waals surface area contributed by atoms with Gasteiger partial charge in [-0.2, -0.15) is 0 Å². The van der Waals surface area contributed by atoms with E-state index in [-0.39, 0.29) is 0 Å². The highest BCUT2D eigenvalue weighted by molar-refractivity contribution is 5.35. The number of benzene rings is 2. The molecular weight excluding hydrogens is 258 g/mol. The molecule has 2 N–H and O–H groups in total. The van der Waals surface area contributed by atoms with Gasteiger partial charge in [-0.15, -0.1) is 0 Å². The van der Waals surface area contributed by atoms with Gasteiger partial charge in [-0.25, -0.2) is 0 Å². The molecule has 0 aliphatic heterocycles. The summed E-state index contributed by atoms with van der Waals surface area (Å²) in [5, 5.41) is 13.1. The first-order valence-electron chi connectivity index (χ1n) is 7.71. The van der Waals surface area contributed by atoms with E-state index < -0.39 is 0 Å². The van der Waals surface area contributed by atoms with Gasteiger partial charge in [-0.05, 0) is 62.4 Å². The molecule has 2 aromatic rings. The molecule has 2 aromatic carbocycles. The quantitative estimate of drug-likeness (QED) is 0.756. The Bertz CT molecular complexity index is 551. The Morgan fingerprint density at radius 2 is 1.81 bits per heavy atom. The highest BCUT2D eigenvalue weighted by atomic mass is 16.3. The van der Waals surface area contributed by atoms with Crippen LogP contribution in [0.3, 0.4) is 0 Å². The van der Waals surface area contributed by atoms with E-state index in [0.29, 0.717) is 11.8 Å². The van der Waals surface area contributed by atoms with Gasteiger partial charge in [0.1, 0.15) is 5.75 Å². The van der Waals surface area contributed by atoms with E-state index in [0.717, 1.165) is 31.4 Å². The van der Waals surface area contributed by atoms with Crippen LogP contribution in [0.5, 0.6) is 5.75 Å². The van der Waals surface area contributed by atoms with Gasteiger partial charge in [0.25, 0.3) is 0 Å². The summed E-state index contributed by atoms with van der Waals surface area (Å²) in [6.07, 6.45) is 3.27. The van der Waals surface area contributed by atoms with Crippen LogP contribution in [0.4, 0.5) is 0 Å². The van der Waals surface area contributed by atoms with Crippen LogP contribution in [0.1, 0.15) is 30.0 Å². The normalized spacial score (nSPS) is 12.3. The molecule has 2 nitrogen and oxygen atoms in total. The number of phenolic OH excluding ortho intramolecular Hbond substituents is 1. The molecule has 2 rings (SSSR count). The molecular formula is C19H25NO. The average molecular weight is 283 g/mol. The maximum Gasteiger partial charge on any atom is 0.118 e. The first-order chi connectivity index (χ1) is 10.1. The lowest BCUT2D eigenvalue weighted by molar-refractivity contribution is 0.470. The van der Waals surface area contributed by atoms with E-state index in [9.17, 15) is 5.11 Å². The number of phenols is 1. The van der Waals surface area contributed by atoms with Crippen LogP contribution < -0.4 is 5.32 Å². The fraction of sp³-hybridized carbons (Fsp3) is 0.368. The third-order valence-electron chi connectivity index (χ3n) is 3.78. The number of hydrogen-bond acceptors (Lipinski definition) is 2. The molecule has 0 spiro atoms. The standard InChI is InChI=1S/C19H25NO/c1-15-13-18(10-11-19(15)21)14-16(2)20-12-6-9-17-7-4-3-5-8-17/h3-5,7-8,10-11,13,16,20-21H,6,9,12,14H2,1-2H3. The van der Waals surface area contributed by atoms with Gasteiger partial charge in [-0.3, -0.25) is 0 Å². The molecule has 0 bridgehead atoms. The largest absolute Gasteiger partial charge is 0.508 e. The van der Waals surface area contributed by atoms with Gasteiger partial charge in [0.15, 0.2) is 0 Å². The van der Waals surface area contributed by atoms with Crippen molar-refractivity contribution in [1.82, 2.24) is 5.32 Å². The van der Waals surface area contributed by atoms with E-state index in [2.05, 4.69) is 48.6 Å². The van der Waals surface area contributed by atoms with Crippen molar-refractivity contribution in [3.05, 3.63) is 65.2 Å². The molecule has 0 amide bonds. The molecule has 21 heavy (non-hydrogen) atoms. The summed E-state index contributed by atoms with van der Waals surface area (Å²) in [5.74, 6) is 0.377. The molecule has 2 heteroatoms. The number of aryl methyl sites for hydroxylation is 2. The number of aromatic hydroxyl groups is 1. The van der Waals surface area contributed by atoms with Crippen LogP contribution in [0.25, 0.3) is 0 Å². The Morgan fingerprint density at radius 1 is 1.05 bits per heavy atom. The highest BCUT2D eigenvalue weighted by Gasteiger charge is 2.04. The van der Waals surface area contributed by atoms with Crippen LogP contribution >= 0.6 is 0 Å². The molecule has 0 fully saturated rings. The van der Waals surface area contributed by atoms with Crippen molar-refractivity contribution >= 4 is 0 Å². The monoisotopic (exact) mass is 283 g/mol. The van der Waals surface area contributed by atoms with Crippen LogP contribution in [0.15, 0.2) is 48.5 Å². The third-order valence-corrected chi connectivity index (χ3v) is 3.78. The van der Waals surface area contributed by atoms with Crippen molar-refractivity contribution in [1.29, 1.82) is 0 Å². The van der Waals surface area contributed by atoms with Gasteiger partial charge >= 0.3 is 0 Å². The Balaban J connectivity index is 1.70. The predicted molar refractivity (Wildman–Crippen MR) is 88.8 cm³/mol. The fourth-order valence-electron chi connectivity index (χ4n) is 2.56. The number of rotatable bonds is 7. The summed E-state index contributed by atoms with van der Waals surface area (Å²) in [7, 11) is 0. The summed E-state index contributed by atoms with van der Waals surface area (Å²) in [6, 6.07) is 16.9. The summed E-state index contributed by atoms with van der Waals surface area (Å²) >= 11 is 0. The number of hydrogen-bond donors (Lipinski definition) is 2. The molecule has 1 atom stereocenters. The highest BCUT2D eigenvalue weighted by Crippen LogP contribution is 2.17. The van der Waals surface area contributed by atoms with Crippen LogP contribution in [-0.2, 0) is 12.8 Å². The molecule has 0 saturated carbocycles. The maximum absolute atomic E-state index is 9.54. The van der Waals surface area contributed by atoms with Crippen molar-refractivity contribution < 1.29 is 5.11 Å². The van der Waals surface area contributed by atoms with E-state index in [4.69, 9.17) is 0 Å². The fourth-order valence-corrected chi connectivity index (χ4v) is 2.56. The molecule has 0 heterocycles. The van der Waals surface area contributed by atoms with Crippen molar-refractivity contribution in [2.24, 2.45) is 0 Å². The molecule has 0 radical (unpaired) electrons. The minimum Gasteiger partial charge on any atom is -0.508 e. The van der Waals surface area contributed by atoms with Crippen LogP contribution in [0.2, 0.25) is 0 Å². The summed E-state index contributed by atoms with van der Waals surface area (Å²) in [5.41, 5.74) is 3.62. The molecule has 0 saturated heterocycles. The minimum atomic E-state index is 0.377. The molecule has 0 aliphatic carbocycles. The van der Waals surface area contributed by atoms with Gasteiger partial charge < -0.3 is 10.4 Å². The smallest absolute Gasteiger partial charge is 0.118 e. The lowest BCUT2D eigenvalue weighted by atomic mass is 10.0. The SMILES string of the molecule is Cc1cc(CC(C)NCCCc2ccccc2)ccc1O. The predicted octanol–water partition coefficient (Wildman–Crippen LogP) is 3.85. The number of nitrogens with one attached hydrogen (secondary N) is 1. The summed E-state index contributed by atoms with van der Waals surface area (Å²) in [4.78, 5) is 0. The van der Waals surface area contributed by atoms with Crippen LogP contribution in [-0.4, -0.2) is 17.7 Å². The second kappa shape index (κ2) is 7.84. The summed E-state index contributed by atoms with van der Waals surface area (Å²) < 4.78 is 0. The van der Waals surface area contributed by atoms with Gasteiger partial charge in [0, 0.05) is 6.04 Å². The van der Waals surface area contributed by atoms with E-state index >= 15 is 0 Å². The van der Waals surface area contributed by atoms with Crippen molar-refractivity contribution in [3.63, 3.8) is 0 Å². The Labute approximate surface area is 127 Å². The topological polar surface area (TPSA) is 32.3 Å². The van der Waals surface area contributed by atoms with E-state index in [1.54, 1.807) is 6.07 Å². The molecule has 1 unspecified atom stereocenters. The summed E-state index contributed by atoms with van der Waals surface area (Å²) in [6.45, 7) is 5.19. The van der Waals surface area contributed by atoms with Crippen molar-refractivity contribution in [3.8, 4) is 5.75 Å². The Kier molecular flexibility index (Phi) is 5.82. The lowest BCUT2D eigenvalue weighted by Gasteiger charge is -2.14. The van der Waals surface area contributed by atoms with Gasteiger partial charge in [0.05, 0.1) is 0 Å². The molecule has 112 valence electrons. The Morgan fingerprint density at radius 3 is 2.52 bits per heavy atom. The molecule has 0 aliphatic rings. The second-order valence-electron chi connectivity index (χ2n) is 5.77. The second-order valence-corrected chi connectivity index (χ2v) is 5.77. The zero-order chi connectivity index (χ0) is 15.1. The average Bonchev–Trinajstić information content (AvgIpc) is 2.49. The van der Waals surface area contributed by atoms with E-state index in [1.807, 2.05) is 13.0 Å². The Hall–Kier alpha value is -1.80. The first-order valence-corrected chi connectivity index (χ1v) is 7.71. The first kappa shape index (κ1) is 15.6. The van der Waals surface area contributed by atoms with Gasteiger partial charge in [0.2, 0.25) is 0 Å². The van der Waals surface area contributed by atoms with Crippen molar-refractivity contribution in [2.75, 3.05) is 6.54 Å². The van der Waals surface area contributed by atoms with Gasteiger partial charge in [-0.1, -0.05) is 42.5 Å². The zero-order valence-corrected chi connectivity index (χ0v) is 13.0. The lowest BCUT2D eigenvalue weighted by Crippen LogP contribution is -2.29. The third kappa shape index (κ3) is 5.24. The maximum atomic E-state index is 9.54. The minimum absolute atomic E-state index is 0.377. The van der Waals surface area contributed by atoms with Crippen molar-refractivity contribution in [2.45, 2.75) is 39.2 Å². The molecule has 0 aromatic heterocycles. The zero-order valence-electron chi connectivity index (χ0n) is 13.0. The van der Waals surface area contributed by atoms with E-state index in [1.165, 1.54) is 11.1 Å².